The molecule has 0 radical (unpaired) electrons. The molecule has 1 unspecified atom stereocenters. The predicted octanol–water partition coefficient (Wildman–Crippen LogP) is 11.1. The Morgan fingerprint density at radius 3 is 1.51 bits per heavy atom. The quantitative estimate of drug-likeness (QED) is 0.0230. The van der Waals surface area contributed by atoms with Crippen LogP contribution in [0.15, 0.2) is 29.4 Å². The fourth-order valence-electron chi connectivity index (χ4n) is 6.15. The van der Waals surface area contributed by atoms with Gasteiger partial charge in [-0.05, 0) is 51.4 Å². The maximum atomic E-state index is 12.8. The van der Waals surface area contributed by atoms with Crippen LogP contribution < -0.4 is 22.1 Å². The van der Waals surface area contributed by atoms with Gasteiger partial charge < -0.3 is 22.1 Å². The summed E-state index contributed by atoms with van der Waals surface area (Å²) in [7, 11) is 0. The second-order valence-corrected chi connectivity index (χ2v) is 14.0. The number of guanidine groups is 1. The molecule has 0 bridgehead atoms. The van der Waals surface area contributed by atoms with E-state index in [9.17, 15) is 4.79 Å². The van der Waals surface area contributed by atoms with Crippen LogP contribution in [-0.2, 0) is 4.79 Å². The van der Waals surface area contributed by atoms with Crippen LogP contribution in [0.1, 0.15) is 206 Å². The van der Waals surface area contributed by atoms with Gasteiger partial charge in [-0.1, -0.05) is 167 Å². The molecule has 0 aliphatic heterocycles. The van der Waals surface area contributed by atoms with Gasteiger partial charge in [0.15, 0.2) is 5.96 Å². The fourth-order valence-corrected chi connectivity index (χ4v) is 6.15. The highest BCUT2D eigenvalue weighted by Gasteiger charge is 2.15. The van der Waals surface area contributed by atoms with Crippen molar-refractivity contribution in [3.05, 3.63) is 24.4 Å². The molecule has 0 aliphatic rings. The van der Waals surface area contributed by atoms with E-state index in [1.165, 1.54) is 154 Å². The number of nitrogens with two attached hydrogens (primary N) is 2. The zero-order valence-electron chi connectivity index (χ0n) is 31.6. The van der Waals surface area contributed by atoms with Crippen LogP contribution in [-0.4, -0.2) is 31.0 Å². The molecule has 1 amide bonds. The van der Waals surface area contributed by atoms with Crippen LogP contribution in [0.5, 0.6) is 0 Å². The molecule has 0 aromatic carbocycles. The maximum Gasteiger partial charge on any atom is 0.220 e. The van der Waals surface area contributed by atoms with Crippen LogP contribution in [0.4, 0.5) is 0 Å². The zero-order valence-corrected chi connectivity index (χ0v) is 31.6. The van der Waals surface area contributed by atoms with E-state index in [2.05, 4.69) is 48.2 Å². The largest absolute Gasteiger partial charge is 0.387 e. The van der Waals surface area contributed by atoms with Crippen LogP contribution in [0.2, 0.25) is 0 Å². The molecule has 1 atom stereocenters. The van der Waals surface area contributed by atoms with Crippen LogP contribution in [0.3, 0.4) is 0 Å². The van der Waals surface area contributed by atoms with E-state index in [0.29, 0.717) is 13.0 Å². The van der Waals surface area contributed by atoms with Crippen LogP contribution in [0.25, 0.3) is 0 Å². The number of aliphatic imine (C=N–C) groups is 1. The van der Waals surface area contributed by atoms with Gasteiger partial charge in [0.05, 0.1) is 6.04 Å². The van der Waals surface area contributed by atoms with Gasteiger partial charge in [0.25, 0.3) is 0 Å². The van der Waals surface area contributed by atoms with Crippen LogP contribution in [0, 0.1) is 0 Å². The summed E-state index contributed by atoms with van der Waals surface area (Å²) in [6.45, 7) is 10.3. The molecule has 0 heterocycles. The normalized spacial score (nSPS) is 12.0. The van der Waals surface area contributed by atoms with Crippen molar-refractivity contribution in [2.24, 2.45) is 16.5 Å². The Morgan fingerprint density at radius 1 is 0.617 bits per heavy atom. The summed E-state index contributed by atoms with van der Waals surface area (Å²) in [6.07, 6.45) is 42.3. The van der Waals surface area contributed by atoms with Crippen molar-refractivity contribution in [1.82, 2.24) is 10.6 Å². The molecule has 0 saturated carbocycles. The molecule has 0 aliphatic carbocycles. The lowest BCUT2D eigenvalue weighted by Crippen LogP contribution is -2.40. The number of carbonyl (C=O) groups is 1. The van der Waals surface area contributed by atoms with Crippen molar-refractivity contribution in [3.8, 4) is 0 Å². The van der Waals surface area contributed by atoms with E-state index >= 15 is 0 Å². The van der Waals surface area contributed by atoms with Gasteiger partial charge in [-0.2, -0.15) is 0 Å². The molecule has 47 heavy (non-hydrogen) atoms. The van der Waals surface area contributed by atoms with E-state index in [1.807, 2.05) is 0 Å². The summed E-state index contributed by atoms with van der Waals surface area (Å²) in [6, 6.07) is -0.0912. The lowest BCUT2D eigenvalue weighted by atomic mass is 10.0. The summed E-state index contributed by atoms with van der Waals surface area (Å²) in [5, 5.41) is 6.74. The Bertz CT molecular complexity index is 746. The van der Waals surface area contributed by atoms with Gasteiger partial charge in [0, 0.05) is 25.2 Å². The smallest absolute Gasteiger partial charge is 0.220 e. The Hall–Kier alpha value is -1.98. The van der Waals surface area contributed by atoms with E-state index in [4.69, 9.17) is 11.5 Å². The number of unbranched alkanes of at least 4 members (excludes halogenated alkanes) is 24. The van der Waals surface area contributed by atoms with Gasteiger partial charge in [-0.3, -0.25) is 9.79 Å². The number of hydrogen-bond donors (Lipinski definition) is 4. The number of carbonyl (C=O) groups excluding carboxylic acids is 1. The third-order valence-electron chi connectivity index (χ3n) is 9.25. The van der Waals surface area contributed by atoms with E-state index in [0.717, 1.165) is 44.3 Å². The summed E-state index contributed by atoms with van der Waals surface area (Å²) in [5.74, 6) is 0.235. The number of nitrogens with one attached hydrogen (secondary N) is 2. The molecule has 6 heteroatoms. The first-order valence-electron chi connectivity index (χ1n) is 20.4. The van der Waals surface area contributed by atoms with Gasteiger partial charge in [-0.25, -0.2) is 0 Å². The molecular formula is C41H81N5O. The minimum atomic E-state index is -0.0912. The molecule has 276 valence electrons. The molecule has 6 nitrogen and oxygen atoms in total. The van der Waals surface area contributed by atoms with E-state index in [1.54, 1.807) is 0 Å². The maximum absolute atomic E-state index is 12.8. The standard InChI is InChI=1S/C41H81N5O/c1-4-6-8-10-12-14-16-18-20-21-23-25-27-29-31-35-40(47)46-39(34-33-37-45-41(42)43)38(3)44-36-32-30-28-26-24-22-19-17-15-13-11-9-7-5-2/h18,20,39,44H,3-17,19,21-37H2,1-2H3,(H,46,47)(H4,42,43,45)/b20-18-. The number of amides is 1. The minimum absolute atomic E-state index is 0.0912. The lowest BCUT2D eigenvalue weighted by molar-refractivity contribution is -0.121. The SMILES string of the molecule is C=C(NCCCCCCCCCCCCCCCC)C(CCCN=C(N)N)NC(=O)CCCCCCC/C=C\CCCCCCCC. The summed E-state index contributed by atoms with van der Waals surface area (Å²) in [5.41, 5.74) is 11.9. The van der Waals surface area contributed by atoms with Gasteiger partial charge in [0.1, 0.15) is 0 Å². The number of allylic oxidation sites excluding steroid dienone is 2. The fraction of sp³-hybridized carbons (Fsp3) is 0.854. The molecular weight excluding hydrogens is 578 g/mol. The molecule has 0 fully saturated rings. The van der Waals surface area contributed by atoms with E-state index in [-0.39, 0.29) is 17.9 Å². The van der Waals surface area contributed by atoms with Crippen molar-refractivity contribution < 1.29 is 4.79 Å². The highest BCUT2D eigenvalue weighted by Crippen LogP contribution is 2.14. The second kappa shape index (κ2) is 36.8. The highest BCUT2D eigenvalue weighted by molar-refractivity contribution is 5.76. The molecule has 0 saturated heterocycles. The molecule has 6 N–H and O–H groups in total. The van der Waals surface area contributed by atoms with Crippen LogP contribution >= 0.6 is 0 Å². The first-order chi connectivity index (χ1) is 23.0. The molecule has 0 spiro atoms. The summed E-state index contributed by atoms with van der Waals surface area (Å²) < 4.78 is 0. The average Bonchev–Trinajstić information content (AvgIpc) is 3.05. The average molecular weight is 660 g/mol. The lowest BCUT2D eigenvalue weighted by Gasteiger charge is -2.22. The Kier molecular flexibility index (Phi) is 35.3. The zero-order chi connectivity index (χ0) is 34.5. The third-order valence-corrected chi connectivity index (χ3v) is 9.25. The van der Waals surface area contributed by atoms with Gasteiger partial charge in [0.2, 0.25) is 5.91 Å². The first kappa shape index (κ1) is 45.0. The number of rotatable bonds is 37. The summed E-state index contributed by atoms with van der Waals surface area (Å²) in [4.78, 5) is 16.9. The third kappa shape index (κ3) is 35.2. The van der Waals surface area contributed by atoms with E-state index < -0.39 is 0 Å². The first-order valence-corrected chi connectivity index (χ1v) is 20.4. The molecule has 0 aromatic rings. The van der Waals surface area contributed by atoms with Gasteiger partial charge >= 0.3 is 0 Å². The Labute approximate surface area is 293 Å². The topological polar surface area (TPSA) is 106 Å². The van der Waals surface area contributed by atoms with Crippen molar-refractivity contribution in [2.45, 2.75) is 213 Å². The molecule has 0 aromatic heterocycles. The van der Waals surface area contributed by atoms with Crippen molar-refractivity contribution >= 4 is 11.9 Å². The Morgan fingerprint density at radius 2 is 1.04 bits per heavy atom. The monoisotopic (exact) mass is 660 g/mol. The molecule has 0 rings (SSSR count). The van der Waals surface area contributed by atoms with Gasteiger partial charge in [-0.15, -0.1) is 0 Å². The van der Waals surface area contributed by atoms with Crippen molar-refractivity contribution in [3.63, 3.8) is 0 Å². The van der Waals surface area contributed by atoms with Crippen molar-refractivity contribution in [2.75, 3.05) is 13.1 Å². The number of nitrogens with zero attached hydrogens (tertiary/aromatic N) is 1. The second-order valence-electron chi connectivity index (χ2n) is 14.0. The van der Waals surface area contributed by atoms with Crippen molar-refractivity contribution in [1.29, 1.82) is 0 Å². The Balaban J connectivity index is 4.01. The number of hydrogen-bond acceptors (Lipinski definition) is 3. The predicted molar refractivity (Wildman–Crippen MR) is 209 cm³/mol. The minimum Gasteiger partial charge on any atom is -0.387 e. The highest BCUT2D eigenvalue weighted by atomic mass is 16.1. The summed E-state index contributed by atoms with van der Waals surface area (Å²) >= 11 is 0.